The highest BCUT2D eigenvalue weighted by Gasteiger charge is 2.19. The van der Waals surface area contributed by atoms with Crippen LogP contribution in [0.1, 0.15) is 32.6 Å². The van der Waals surface area contributed by atoms with Gasteiger partial charge < -0.3 is 5.32 Å². The van der Waals surface area contributed by atoms with Crippen LogP contribution in [-0.2, 0) is 0 Å². The lowest BCUT2D eigenvalue weighted by atomic mass is 9.87. The highest BCUT2D eigenvalue weighted by Crippen LogP contribution is 2.28. The highest BCUT2D eigenvalue weighted by atomic mass is 79.9. The van der Waals surface area contributed by atoms with Crippen LogP contribution in [0.15, 0.2) is 10.7 Å². The number of nitrogens with zero attached hydrogens (tertiary/aromatic N) is 2. The molecule has 17 heavy (non-hydrogen) atoms. The Hall–Kier alpha value is -0.880. The van der Waals surface area contributed by atoms with E-state index >= 15 is 0 Å². The summed E-state index contributed by atoms with van der Waals surface area (Å²) in [6.07, 6.45) is 6.72. The van der Waals surface area contributed by atoms with Crippen LogP contribution in [0.2, 0.25) is 0 Å². The van der Waals surface area contributed by atoms with Crippen LogP contribution >= 0.6 is 15.9 Å². The summed E-state index contributed by atoms with van der Waals surface area (Å²) < 4.78 is 0.870. The molecule has 1 fully saturated rings. The molecule has 0 spiro atoms. The van der Waals surface area contributed by atoms with Gasteiger partial charge in [0.1, 0.15) is 5.82 Å². The SMILES string of the molecule is CC1CCCC(Nc2nc(NN)ncc2Br)C1. The molecule has 5 nitrogen and oxygen atoms in total. The molecule has 1 heterocycles. The molecule has 0 bridgehead atoms. The molecule has 4 N–H and O–H groups in total. The molecule has 1 saturated carbocycles. The first-order valence-electron chi connectivity index (χ1n) is 5.94. The Morgan fingerprint density at radius 2 is 2.29 bits per heavy atom. The molecule has 6 heteroatoms. The van der Waals surface area contributed by atoms with Crippen molar-refractivity contribution in [2.45, 2.75) is 38.6 Å². The molecule has 0 aliphatic heterocycles. The van der Waals surface area contributed by atoms with Gasteiger partial charge in [-0.2, -0.15) is 4.98 Å². The Kier molecular flexibility index (Phi) is 4.17. The maximum Gasteiger partial charge on any atom is 0.239 e. The van der Waals surface area contributed by atoms with Gasteiger partial charge in [0, 0.05) is 12.2 Å². The Labute approximate surface area is 110 Å². The standard InChI is InChI=1S/C11H18BrN5/c1-7-3-2-4-8(5-7)15-10-9(12)6-14-11(16-10)17-13/h6-8H,2-5,13H2,1H3,(H2,14,15,16,17). The minimum atomic E-state index is 0.430. The molecular formula is C11H18BrN5. The molecule has 0 saturated heterocycles. The third-order valence-corrected chi connectivity index (χ3v) is 3.73. The maximum absolute atomic E-state index is 5.31. The molecule has 2 rings (SSSR count). The lowest BCUT2D eigenvalue weighted by Gasteiger charge is -2.28. The van der Waals surface area contributed by atoms with Gasteiger partial charge in [-0.05, 0) is 34.7 Å². The van der Waals surface area contributed by atoms with Gasteiger partial charge in [-0.1, -0.05) is 19.8 Å². The monoisotopic (exact) mass is 299 g/mol. The van der Waals surface area contributed by atoms with Crippen LogP contribution in [0.25, 0.3) is 0 Å². The van der Waals surface area contributed by atoms with E-state index in [0.29, 0.717) is 12.0 Å². The Balaban J connectivity index is 2.06. The number of hydrazine groups is 1. The van der Waals surface area contributed by atoms with Gasteiger partial charge in [0.25, 0.3) is 0 Å². The molecule has 0 amide bonds. The average Bonchev–Trinajstić information content (AvgIpc) is 2.32. The third-order valence-electron chi connectivity index (χ3n) is 3.15. The van der Waals surface area contributed by atoms with E-state index in [4.69, 9.17) is 5.84 Å². The minimum Gasteiger partial charge on any atom is -0.366 e. The highest BCUT2D eigenvalue weighted by molar-refractivity contribution is 9.10. The molecule has 2 unspecified atom stereocenters. The first-order chi connectivity index (χ1) is 8.19. The molecule has 2 atom stereocenters. The summed E-state index contributed by atoms with van der Waals surface area (Å²) in [4.78, 5) is 8.34. The van der Waals surface area contributed by atoms with Crippen LogP contribution < -0.4 is 16.6 Å². The molecule has 0 radical (unpaired) electrons. The van der Waals surface area contributed by atoms with Crippen LogP contribution in [0.3, 0.4) is 0 Å². The van der Waals surface area contributed by atoms with E-state index in [9.17, 15) is 0 Å². The van der Waals surface area contributed by atoms with Gasteiger partial charge in [-0.25, -0.2) is 10.8 Å². The van der Waals surface area contributed by atoms with Gasteiger partial charge in [0.2, 0.25) is 5.95 Å². The van der Waals surface area contributed by atoms with E-state index in [0.717, 1.165) is 16.2 Å². The van der Waals surface area contributed by atoms with Crippen LogP contribution in [0, 0.1) is 5.92 Å². The number of aromatic nitrogens is 2. The van der Waals surface area contributed by atoms with E-state index in [-0.39, 0.29) is 0 Å². The quantitative estimate of drug-likeness (QED) is 0.591. The molecule has 94 valence electrons. The van der Waals surface area contributed by atoms with Crippen LogP contribution in [-0.4, -0.2) is 16.0 Å². The predicted octanol–water partition coefficient (Wildman–Crippen LogP) is 2.52. The normalized spacial score (nSPS) is 24.4. The molecule has 1 aliphatic rings. The fourth-order valence-electron chi connectivity index (χ4n) is 2.30. The van der Waals surface area contributed by atoms with Crippen molar-refractivity contribution >= 4 is 27.7 Å². The number of halogens is 1. The van der Waals surface area contributed by atoms with Gasteiger partial charge in [0.05, 0.1) is 4.47 Å². The van der Waals surface area contributed by atoms with Crippen molar-refractivity contribution in [3.63, 3.8) is 0 Å². The number of hydrogen-bond donors (Lipinski definition) is 3. The van der Waals surface area contributed by atoms with Gasteiger partial charge >= 0.3 is 0 Å². The first-order valence-corrected chi connectivity index (χ1v) is 6.74. The number of nitrogens with one attached hydrogen (secondary N) is 2. The van der Waals surface area contributed by atoms with E-state index in [1.54, 1.807) is 6.20 Å². The number of nitrogen functional groups attached to an aromatic ring is 1. The summed E-state index contributed by atoms with van der Waals surface area (Å²) in [5.41, 5.74) is 2.46. The fraction of sp³-hybridized carbons (Fsp3) is 0.636. The Morgan fingerprint density at radius 1 is 1.47 bits per heavy atom. The zero-order valence-electron chi connectivity index (χ0n) is 9.91. The van der Waals surface area contributed by atoms with Crippen LogP contribution in [0.5, 0.6) is 0 Å². The van der Waals surface area contributed by atoms with Gasteiger partial charge in [-0.15, -0.1) is 0 Å². The summed E-state index contributed by atoms with van der Waals surface area (Å²) in [5, 5.41) is 3.46. The molecule has 1 aromatic heterocycles. The van der Waals surface area contributed by atoms with E-state index in [1.165, 1.54) is 25.7 Å². The summed E-state index contributed by atoms with van der Waals surface area (Å²) in [6.45, 7) is 2.30. The summed E-state index contributed by atoms with van der Waals surface area (Å²) in [7, 11) is 0. The predicted molar refractivity (Wildman–Crippen MR) is 72.6 cm³/mol. The smallest absolute Gasteiger partial charge is 0.239 e. The zero-order chi connectivity index (χ0) is 12.3. The van der Waals surface area contributed by atoms with Crippen molar-refractivity contribution in [2.75, 3.05) is 10.7 Å². The summed E-state index contributed by atoms with van der Waals surface area (Å²) in [5.74, 6) is 7.33. The number of nitrogens with two attached hydrogens (primary N) is 1. The second-order valence-corrected chi connectivity index (χ2v) is 5.50. The summed E-state index contributed by atoms with van der Waals surface area (Å²) in [6, 6.07) is 0.496. The number of anilines is 2. The number of rotatable bonds is 3. The largest absolute Gasteiger partial charge is 0.366 e. The fourth-order valence-corrected chi connectivity index (χ4v) is 2.60. The van der Waals surface area contributed by atoms with Gasteiger partial charge in [0.15, 0.2) is 0 Å². The zero-order valence-corrected chi connectivity index (χ0v) is 11.5. The molecule has 0 aromatic carbocycles. The Bertz CT molecular complexity index is 384. The average molecular weight is 300 g/mol. The maximum atomic E-state index is 5.31. The van der Waals surface area contributed by atoms with E-state index in [2.05, 4.69) is 43.6 Å². The lowest BCUT2D eigenvalue weighted by Crippen LogP contribution is -2.27. The van der Waals surface area contributed by atoms with Crippen molar-refractivity contribution in [2.24, 2.45) is 11.8 Å². The van der Waals surface area contributed by atoms with Crippen molar-refractivity contribution in [1.82, 2.24) is 9.97 Å². The van der Waals surface area contributed by atoms with Crippen molar-refractivity contribution < 1.29 is 0 Å². The van der Waals surface area contributed by atoms with Crippen molar-refractivity contribution in [3.05, 3.63) is 10.7 Å². The van der Waals surface area contributed by atoms with Crippen molar-refractivity contribution in [1.29, 1.82) is 0 Å². The molecule has 1 aromatic rings. The first kappa shape index (κ1) is 12.6. The number of hydrogen-bond acceptors (Lipinski definition) is 5. The third kappa shape index (κ3) is 3.29. The second kappa shape index (κ2) is 5.64. The molecule has 1 aliphatic carbocycles. The molecular weight excluding hydrogens is 282 g/mol. The Morgan fingerprint density at radius 3 is 3.00 bits per heavy atom. The van der Waals surface area contributed by atoms with E-state index < -0.39 is 0 Å². The topological polar surface area (TPSA) is 75.9 Å². The lowest BCUT2D eigenvalue weighted by molar-refractivity contribution is 0.358. The van der Waals surface area contributed by atoms with E-state index in [1.807, 2.05) is 0 Å². The van der Waals surface area contributed by atoms with Crippen molar-refractivity contribution in [3.8, 4) is 0 Å². The summed E-state index contributed by atoms with van der Waals surface area (Å²) >= 11 is 3.45. The second-order valence-electron chi connectivity index (χ2n) is 4.65. The minimum absolute atomic E-state index is 0.430. The van der Waals surface area contributed by atoms with Crippen LogP contribution in [0.4, 0.5) is 11.8 Å². The van der Waals surface area contributed by atoms with Gasteiger partial charge in [-0.3, -0.25) is 5.43 Å².